The Bertz CT molecular complexity index is 861. The van der Waals surface area contributed by atoms with E-state index in [4.69, 9.17) is 5.73 Å². The van der Waals surface area contributed by atoms with Crippen LogP contribution in [0.15, 0.2) is 54.6 Å². The fraction of sp³-hybridized carbons (Fsp3) is 0.190. The maximum atomic E-state index is 13.1. The van der Waals surface area contributed by atoms with Crippen molar-refractivity contribution in [2.24, 2.45) is 0 Å². The molecule has 0 radical (unpaired) electrons. The molecule has 0 aliphatic carbocycles. The molecular formula is C21H21NOS. The van der Waals surface area contributed by atoms with Gasteiger partial charge in [-0.05, 0) is 24.0 Å². The SMILES string of the molecule is Cc1sc(N)c(C(=O)c2ccc(C(C)C)cc2)c1-c1ccccc1. The van der Waals surface area contributed by atoms with Crippen molar-refractivity contribution in [2.75, 3.05) is 5.73 Å². The molecule has 122 valence electrons. The van der Waals surface area contributed by atoms with Gasteiger partial charge in [-0.25, -0.2) is 0 Å². The number of carbonyl (C=O) groups excluding carboxylic acids is 1. The lowest BCUT2D eigenvalue weighted by molar-refractivity contribution is 0.104. The maximum absolute atomic E-state index is 13.1. The Hall–Kier alpha value is -2.39. The first-order valence-corrected chi connectivity index (χ1v) is 8.89. The third-order valence-corrected chi connectivity index (χ3v) is 5.17. The quantitative estimate of drug-likeness (QED) is 0.625. The normalized spacial score (nSPS) is 11.0. The van der Waals surface area contributed by atoms with Crippen LogP contribution in [-0.4, -0.2) is 5.78 Å². The topological polar surface area (TPSA) is 43.1 Å². The summed E-state index contributed by atoms with van der Waals surface area (Å²) in [5, 5.41) is 0.587. The largest absolute Gasteiger partial charge is 0.390 e. The third-order valence-electron chi connectivity index (χ3n) is 4.24. The van der Waals surface area contributed by atoms with Crippen LogP contribution >= 0.6 is 11.3 Å². The number of ketones is 1. The van der Waals surface area contributed by atoms with Crippen molar-refractivity contribution in [3.63, 3.8) is 0 Å². The molecule has 24 heavy (non-hydrogen) atoms. The molecule has 0 atom stereocenters. The summed E-state index contributed by atoms with van der Waals surface area (Å²) in [6.07, 6.45) is 0. The molecule has 1 aromatic heterocycles. The molecule has 0 saturated carbocycles. The molecule has 0 fully saturated rings. The van der Waals surface area contributed by atoms with Gasteiger partial charge in [-0.3, -0.25) is 4.79 Å². The summed E-state index contributed by atoms with van der Waals surface area (Å²) in [4.78, 5) is 14.2. The van der Waals surface area contributed by atoms with Gasteiger partial charge in [0.1, 0.15) is 0 Å². The van der Waals surface area contributed by atoms with Crippen molar-refractivity contribution in [2.45, 2.75) is 26.7 Å². The minimum absolute atomic E-state index is 0.00832. The van der Waals surface area contributed by atoms with Gasteiger partial charge in [0.2, 0.25) is 0 Å². The predicted octanol–water partition coefficient (Wildman–Crippen LogP) is 5.66. The first-order valence-electron chi connectivity index (χ1n) is 8.08. The number of anilines is 1. The average Bonchev–Trinajstić information content (AvgIpc) is 2.89. The zero-order valence-electron chi connectivity index (χ0n) is 14.2. The molecule has 0 unspecified atom stereocenters. The standard InChI is InChI=1S/C21H21NOS/c1-13(2)15-9-11-17(12-10-15)20(23)19-18(14(3)24-21(19)22)16-7-5-4-6-8-16/h4-13H,22H2,1-3H3. The van der Waals surface area contributed by atoms with E-state index in [2.05, 4.69) is 13.8 Å². The second-order valence-corrected chi connectivity index (χ2v) is 7.50. The van der Waals surface area contributed by atoms with E-state index < -0.39 is 0 Å². The molecule has 2 nitrogen and oxygen atoms in total. The molecule has 3 rings (SSSR count). The predicted molar refractivity (Wildman–Crippen MR) is 103 cm³/mol. The van der Waals surface area contributed by atoms with Gasteiger partial charge in [-0.1, -0.05) is 68.4 Å². The number of rotatable bonds is 4. The molecular weight excluding hydrogens is 314 g/mol. The number of thiophene rings is 1. The molecule has 0 bridgehead atoms. The summed E-state index contributed by atoms with van der Waals surface area (Å²) < 4.78 is 0. The van der Waals surface area contributed by atoms with Crippen LogP contribution in [0.3, 0.4) is 0 Å². The molecule has 0 aliphatic heterocycles. The molecule has 0 spiro atoms. The molecule has 1 heterocycles. The van der Waals surface area contributed by atoms with Crippen molar-refractivity contribution in [1.29, 1.82) is 0 Å². The van der Waals surface area contributed by atoms with Crippen LogP contribution < -0.4 is 5.73 Å². The minimum Gasteiger partial charge on any atom is -0.390 e. The molecule has 0 saturated heterocycles. The lowest BCUT2D eigenvalue weighted by Gasteiger charge is -2.09. The van der Waals surface area contributed by atoms with Crippen LogP contribution in [0.1, 0.15) is 46.1 Å². The van der Waals surface area contributed by atoms with Gasteiger partial charge in [0.15, 0.2) is 5.78 Å². The van der Waals surface area contributed by atoms with Crippen molar-refractivity contribution in [3.05, 3.63) is 76.2 Å². The summed E-state index contributed by atoms with van der Waals surface area (Å²) in [7, 11) is 0. The summed E-state index contributed by atoms with van der Waals surface area (Å²) in [6, 6.07) is 17.8. The van der Waals surface area contributed by atoms with Crippen LogP contribution in [0.4, 0.5) is 5.00 Å². The van der Waals surface area contributed by atoms with E-state index in [1.807, 2.05) is 61.5 Å². The fourth-order valence-electron chi connectivity index (χ4n) is 2.91. The fourth-order valence-corrected chi connectivity index (χ4v) is 3.86. The summed E-state index contributed by atoms with van der Waals surface area (Å²) in [5.41, 5.74) is 10.7. The van der Waals surface area contributed by atoms with E-state index in [9.17, 15) is 4.79 Å². The van der Waals surface area contributed by atoms with Crippen LogP contribution in [0.25, 0.3) is 11.1 Å². The van der Waals surface area contributed by atoms with Crippen LogP contribution in [0, 0.1) is 6.92 Å². The third kappa shape index (κ3) is 3.00. The van der Waals surface area contributed by atoms with E-state index in [0.29, 0.717) is 22.0 Å². The van der Waals surface area contributed by atoms with Gasteiger partial charge in [0.25, 0.3) is 0 Å². The van der Waals surface area contributed by atoms with Gasteiger partial charge in [0.05, 0.1) is 10.6 Å². The molecule has 2 N–H and O–H groups in total. The molecule has 3 heteroatoms. The lowest BCUT2D eigenvalue weighted by Crippen LogP contribution is -2.05. The smallest absolute Gasteiger partial charge is 0.196 e. The second kappa shape index (κ2) is 6.62. The Kier molecular flexibility index (Phi) is 4.54. The number of carbonyl (C=O) groups is 1. The van der Waals surface area contributed by atoms with Crippen molar-refractivity contribution < 1.29 is 4.79 Å². The van der Waals surface area contributed by atoms with E-state index in [-0.39, 0.29) is 5.78 Å². The molecule has 0 aliphatic rings. The summed E-state index contributed by atoms with van der Waals surface area (Å²) >= 11 is 1.48. The number of nitrogens with two attached hydrogens (primary N) is 1. The Morgan fingerprint density at radius 1 is 1.00 bits per heavy atom. The summed E-state index contributed by atoms with van der Waals surface area (Å²) in [5.74, 6) is 0.438. The van der Waals surface area contributed by atoms with E-state index in [1.165, 1.54) is 16.9 Å². The van der Waals surface area contributed by atoms with Gasteiger partial charge in [0, 0.05) is 16.0 Å². The van der Waals surface area contributed by atoms with Gasteiger partial charge in [-0.2, -0.15) is 0 Å². The maximum Gasteiger partial charge on any atom is 0.196 e. The number of benzene rings is 2. The van der Waals surface area contributed by atoms with Gasteiger partial charge in [-0.15, -0.1) is 11.3 Å². The van der Waals surface area contributed by atoms with E-state index in [1.54, 1.807) is 0 Å². The summed E-state index contributed by atoms with van der Waals surface area (Å²) in [6.45, 7) is 6.30. The number of nitrogen functional groups attached to an aromatic ring is 1. The number of hydrogen-bond donors (Lipinski definition) is 1. The van der Waals surface area contributed by atoms with Crippen LogP contribution in [-0.2, 0) is 0 Å². The van der Waals surface area contributed by atoms with Gasteiger partial charge >= 0.3 is 0 Å². The monoisotopic (exact) mass is 335 g/mol. The molecule has 2 aromatic carbocycles. The Morgan fingerprint density at radius 2 is 1.62 bits per heavy atom. The zero-order chi connectivity index (χ0) is 17.3. The Balaban J connectivity index is 2.08. The van der Waals surface area contributed by atoms with E-state index in [0.717, 1.165) is 16.0 Å². The van der Waals surface area contributed by atoms with Crippen LogP contribution in [0.2, 0.25) is 0 Å². The van der Waals surface area contributed by atoms with E-state index >= 15 is 0 Å². The zero-order valence-corrected chi connectivity index (χ0v) is 15.0. The average molecular weight is 335 g/mol. The second-order valence-electron chi connectivity index (χ2n) is 6.24. The van der Waals surface area contributed by atoms with Crippen molar-refractivity contribution in [3.8, 4) is 11.1 Å². The highest BCUT2D eigenvalue weighted by atomic mass is 32.1. The highest BCUT2D eigenvalue weighted by molar-refractivity contribution is 7.16. The first kappa shape index (κ1) is 16.5. The number of aryl methyl sites for hydroxylation is 1. The Morgan fingerprint density at radius 3 is 2.21 bits per heavy atom. The van der Waals surface area contributed by atoms with Crippen LogP contribution in [0.5, 0.6) is 0 Å². The van der Waals surface area contributed by atoms with Crippen molar-refractivity contribution in [1.82, 2.24) is 0 Å². The first-order chi connectivity index (χ1) is 11.5. The Labute approximate surface area is 147 Å². The minimum atomic E-state index is -0.00832. The highest BCUT2D eigenvalue weighted by Crippen LogP contribution is 2.39. The molecule has 0 amide bonds. The lowest BCUT2D eigenvalue weighted by atomic mass is 9.94. The number of hydrogen-bond acceptors (Lipinski definition) is 3. The van der Waals surface area contributed by atoms with Crippen molar-refractivity contribution >= 4 is 22.1 Å². The molecule has 3 aromatic rings. The van der Waals surface area contributed by atoms with Gasteiger partial charge < -0.3 is 5.73 Å². The highest BCUT2D eigenvalue weighted by Gasteiger charge is 2.22.